The van der Waals surface area contributed by atoms with Gasteiger partial charge in [0.15, 0.2) is 5.82 Å². The Balaban J connectivity index is 1.74. The Hall–Kier alpha value is -4.67. The fourth-order valence-electron chi connectivity index (χ4n) is 3.71. The fraction of sp³-hybridized carbons (Fsp3) is 0.148. The maximum absolute atomic E-state index is 14.9. The average Bonchev–Trinajstić information content (AvgIpc) is 2.90. The van der Waals surface area contributed by atoms with Crippen LogP contribution in [0.4, 0.5) is 23.2 Å². The summed E-state index contributed by atoms with van der Waals surface area (Å²) in [6, 6.07) is 12.8. The Bertz CT molecular complexity index is 1460. The zero-order valence-corrected chi connectivity index (χ0v) is 19.9. The molecule has 4 aromatic rings. The Morgan fingerprint density at radius 2 is 1.66 bits per heavy atom. The van der Waals surface area contributed by atoms with E-state index in [2.05, 4.69) is 20.3 Å². The lowest BCUT2D eigenvalue weighted by Gasteiger charge is -2.16. The van der Waals surface area contributed by atoms with Gasteiger partial charge in [-0.25, -0.2) is 14.4 Å². The fourth-order valence-corrected chi connectivity index (χ4v) is 3.71. The van der Waals surface area contributed by atoms with Gasteiger partial charge >= 0.3 is 12.1 Å². The van der Waals surface area contributed by atoms with Crippen LogP contribution in [-0.4, -0.2) is 33.4 Å². The van der Waals surface area contributed by atoms with E-state index in [-0.39, 0.29) is 30.6 Å². The molecule has 0 aliphatic heterocycles. The van der Waals surface area contributed by atoms with Gasteiger partial charge in [-0.3, -0.25) is 14.6 Å². The number of carbonyl (C=O) groups is 2. The Labute approximate surface area is 214 Å². The minimum atomic E-state index is -4.91. The van der Waals surface area contributed by atoms with Crippen LogP contribution < -0.4 is 5.32 Å². The number of nitrogens with one attached hydrogen (secondary N) is 1. The third kappa shape index (κ3) is 6.00. The van der Waals surface area contributed by atoms with E-state index in [9.17, 15) is 27.2 Å². The van der Waals surface area contributed by atoms with Gasteiger partial charge in [-0.1, -0.05) is 30.3 Å². The van der Waals surface area contributed by atoms with Crippen molar-refractivity contribution in [1.29, 1.82) is 0 Å². The van der Waals surface area contributed by atoms with Crippen LogP contribution in [0, 0.1) is 5.82 Å². The number of halogens is 4. The Morgan fingerprint density at radius 1 is 0.947 bits per heavy atom. The number of amides is 1. The number of anilines is 1. The van der Waals surface area contributed by atoms with Crippen molar-refractivity contribution in [2.24, 2.45) is 0 Å². The van der Waals surface area contributed by atoms with Crippen LogP contribution in [0.15, 0.2) is 73.2 Å². The highest BCUT2D eigenvalue weighted by atomic mass is 19.4. The van der Waals surface area contributed by atoms with Crippen molar-refractivity contribution in [3.05, 3.63) is 95.8 Å². The Morgan fingerprint density at radius 3 is 2.32 bits per heavy atom. The van der Waals surface area contributed by atoms with Crippen LogP contribution in [0.25, 0.3) is 22.5 Å². The molecule has 7 nitrogen and oxygen atoms in total. The normalized spacial score (nSPS) is 11.2. The van der Waals surface area contributed by atoms with Gasteiger partial charge in [0.25, 0.3) is 5.91 Å². The van der Waals surface area contributed by atoms with Crippen LogP contribution in [0.3, 0.4) is 0 Å². The number of benzene rings is 2. The summed E-state index contributed by atoms with van der Waals surface area (Å²) in [5.41, 5.74) is -0.859. The number of pyridine rings is 1. The molecule has 0 saturated heterocycles. The van der Waals surface area contributed by atoms with Crippen molar-refractivity contribution in [3.63, 3.8) is 0 Å². The monoisotopic (exact) mass is 524 g/mol. The van der Waals surface area contributed by atoms with Gasteiger partial charge in [0.1, 0.15) is 5.82 Å². The standard InChI is InChI=1S/C27H20F4N4O3/c1-2-38-24(36)12-17-11-18(16-7-4-3-5-8-16)23(15-34-17)35-26(37)20-13-19(25-32-9-6-10-33-25)21(14-22(20)28)27(29,30)31/h3-11,13-15H,2,12H2,1H3,(H,35,37). The van der Waals surface area contributed by atoms with Gasteiger partial charge in [-0.05, 0) is 36.8 Å². The summed E-state index contributed by atoms with van der Waals surface area (Å²) in [6.45, 7) is 1.88. The second-order valence-corrected chi connectivity index (χ2v) is 7.97. The number of rotatable bonds is 7. The van der Waals surface area contributed by atoms with Crippen molar-refractivity contribution < 1.29 is 31.9 Å². The van der Waals surface area contributed by atoms with E-state index in [1.54, 1.807) is 43.3 Å². The van der Waals surface area contributed by atoms with Gasteiger partial charge in [-0.2, -0.15) is 13.2 Å². The molecular formula is C27H20F4N4O3. The first-order chi connectivity index (χ1) is 18.2. The largest absolute Gasteiger partial charge is 0.466 e. The number of hydrogen-bond acceptors (Lipinski definition) is 6. The second kappa shape index (κ2) is 11.2. The van der Waals surface area contributed by atoms with E-state index >= 15 is 0 Å². The molecule has 0 unspecified atom stereocenters. The van der Waals surface area contributed by atoms with Crippen molar-refractivity contribution >= 4 is 17.6 Å². The molecule has 194 valence electrons. The molecule has 1 N–H and O–H groups in total. The maximum Gasteiger partial charge on any atom is 0.417 e. The minimum Gasteiger partial charge on any atom is -0.466 e. The predicted molar refractivity (Wildman–Crippen MR) is 130 cm³/mol. The van der Waals surface area contributed by atoms with Gasteiger partial charge in [-0.15, -0.1) is 0 Å². The van der Waals surface area contributed by atoms with Gasteiger partial charge in [0.05, 0.1) is 41.7 Å². The molecule has 0 fully saturated rings. The zero-order chi connectivity index (χ0) is 27.3. The molecule has 0 radical (unpaired) electrons. The summed E-state index contributed by atoms with van der Waals surface area (Å²) in [4.78, 5) is 36.9. The summed E-state index contributed by atoms with van der Waals surface area (Å²) in [6.07, 6.45) is -1.26. The summed E-state index contributed by atoms with van der Waals surface area (Å²) in [5.74, 6) is -3.18. The molecule has 2 aromatic carbocycles. The summed E-state index contributed by atoms with van der Waals surface area (Å²) < 4.78 is 60.8. The number of ether oxygens (including phenoxy) is 1. The van der Waals surface area contributed by atoms with E-state index in [1.807, 2.05) is 0 Å². The van der Waals surface area contributed by atoms with Crippen molar-refractivity contribution in [2.75, 3.05) is 11.9 Å². The number of carbonyl (C=O) groups excluding carboxylic acids is 2. The third-order valence-electron chi connectivity index (χ3n) is 5.39. The number of aromatic nitrogens is 3. The van der Waals surface area contributed by atoms with Crippen LogP contribution in [0.1, 0.15) is 28.5 Å². The third-order valence-corrected chi connectivity index (χ3v) is 5.39. The highest BCUT2D eigenvalue weighted by molar-refractivity contribution is 6.07. The molecule has 1 amide bonds. The van der Waals surface area contributed by atoms with Crippen molar-refractivity contribution in [2.45, 2.75) is 19.5 Å². The lowest BCUT2D eigenvalue weighted by Crippen LogP contribution is -2.18. The number of nitrogens with zero attached hydrogens (tertiary/aromatic N) is 3. The molecule has 0 aliphatic carbocycles. The van der Waals surface area contributed by atoms with Crippen LogP contribution in [-0.2, 0) is 22.1 Å². The quantitative estimate of drug-likeness (QED) is 0.246. The van der Waals surface area contributed by atoms with E-state index in [4.69, 9.17) is 4.74 Å². The summed E-state index contributed by atoms with van der Waals surface area (Å²) in [7, 11) is 0. The number of esters is 1. The molecule has 0 saturated carbocycles. The Kier molecular flexibility index (Phi) is 7.75. The van der Waals surface area contributed by atoms with Crippen molar-refractivity contribution in [3.8, 4) is 22.5 Å². The molecular weight excluding hydrogens is 504 g/mol. The van der Waals surface area contributed by atoms with Gasteiger partial charge < -0.3 is 10.1 Å². The van der Waals surface area contributed by atoms with E-state index in [0.717, 1.165) is 6.07 Å². The zero-order valence-electron chi connectivity index (χ0n) is 19.9. The molecule has 0 aliphatic rings. The summed E-state index contributed by atoms with van der Waals surface area (Å²) in [5, 5.41) is 2.53. The minimum absolute atomic E-state index is 0.115. The maximum atomic E-state index is 14.9. The molecule has 38 heavy (non-hydrogen) atoms. The number of hydrogen-bond donors (Lipinski definition) is 1. The second-order valence-electron chi connectivity index (χ2n) is 7.97. The average molecular weight is 524 g/mol. The molecule has 0 bridgehead atoms. The van der Waals surface area contributed by atoms with E-state index in [1.165, 1.54) is 24.7 Å². The van der Waals surface area contributed by atoms with Crippen molar-refractivity contribution in [1.82, 2.24) is 15.0 Å². The lowest BCUT2D eigenvalue weighted by molar-refractivity contribution is -0.142. The molecule has 0 spiro atoms. The lowest BCUT2D eigenvalue weighted by atomic mass is 10.0. The highest BCUT2D eigenvalue weighted by Crippen LogP contribution is 2.38. The topological polar surface area (TPSA) is 94.1 Å². The SMILES string of the molecule is CCOC(=O)Cc1cc(-c2ccccc2)c(NC(=O)c2cc(-c3ncccn3)c(C(F)(F)F)cc2F)cn1. The molecule has 4 rings (SSSR count). The first kappa shape index (κ1) is 26.4. The van der Waals surface area contributed by atoms with E-state index < -0.39 is 40.6 Å². The van der Waals surface area contributed by atoms with Crippen LogP contribution in [0.5, 0.6) is 0 Å². The molecule has 11 heteroatoms. The molecule has 2 heterocycles. The number of alkyl halides is 3. The first-order valence-electron chi connectivity index (χ1n) is 11.4. The summed E-state index contributed by atoms with van der Waals surface area (Å²) >= 11 is 0. The van der Waals surface area contributed by atoms with Gasteiger partial charge in [0, 0.05) is 23.5 Å². The van der Waals surface area contributed by atoms with E-state index in [0.29, 0.717) is 16.8 Å². The smallest absolute Gasteiger partial charge is 0.417 e. The molecule has 0 atom stereocenters. The predicted octanol–water partition coefficient (Wildman–Crippen LogP) is 5.72. The van der Waals surface area contributed by atoms with Gasteiger partial charge in [0.2, 0.25) is 0 Å². The molecule has 2 aromatic heterocycles. The first-order valence-corrected chi connectivity index (χ1v) is 11.4. The van der Waals surface area contributed by atoms with Crippen LogP contribution >= 0.6 is 0 Å². The highest BCUT2D eigenvalue weighted by Gasteiger charge is 2.36. The van der Waals surface area contributed by atoms with Crippen LogP contribution in [0.2, 0.25) is 0 Å².